The molecule has 1 N–H and O–H groups in total. The molecule has 0 saturated carbocycles. The molecule has 0 radical (unpaired) electrons. The third-order valence-corrected chi connectivity index (χ3v) is 3.07. The Morgan fingerprint density at radius 3 is 2.60 bits per heavy atom. The molecule has 20 heavy (non-hydrogen) atoms. The van der Waals surface area contributed by atoms with Crippen molar-refractivity contribution in [3.63, 3.8) is 0 Å². The van der Waals surface area contributed by atoms with Crippen LogP contribution in [0, 0.1) is 0 Å². The van der Waals surface area contributed by atoms with Crippen LogP contribution >= 0.6 is 22.6 Å². The molecule has 1 aromatic heterocycles. The zero-order valence-corrected chi connectivity index (χ0v) is 12.2. The average Bonchev–Trinajstić information content (AvgIpc) is 2.88. The first-order valence-corrected chi connectivity index (χ1v) is 6.55. The van der Waals surface area contributed by atoms with Crippen LogP contribution in [0.2, 0.25) is 0 Å². The van der Waals surface area contributed by atoms with Crippen LogP contribution in [0.1, 0.15) is 5.56 Å². The van der Waals surface area contributed by atoms with Crippen LogP contribution < -0.4 is 5.32 Å². The Labute approximate surface area is 127 Å². The van der Waals surface area contributed by atoms with E-state index in [1.807, 2.05) is 0 Å². The summed E-state index contributed by atoms with van der Waals surface area (Å²) < 4.78 is 28.3. The summed E-state index contributed by atoms with van der Waals surface area (Å²) in [5, 5.41) is 6.15. The molecular weight excluding hydrogens is 381 g/mol. The molecule has 0 aliphatic heterocycles. The molecule has 0 fully saturated rings. The highest BCUT2D eigenvalue weighted by Gasteiger charge is 2.33. The second-order valence-electron chi connectivity index (χ2n) is 3.85. The molecule has 0 saturated heterocycles. The molecule has 2 aromatic rings. The first-order chi connectivity index (χ1) is 9.41. The molecule has 1 amide bonds. The fourth-order valence-electron chi connectivity index (χ4n) is 1.55. The number of alkyl halides is 3. The molecule has 4 nitrogen and oxygen atoms in total. The Balaban J connectivity index is 2.29. The Bertz CT molecular complexity index is 633. The van der Waals surface area contributed by atoms with E-state index in [0.717, 1.165) is 34.9 Å². The van der Waals surface area contributed by atoms with Crippen LogP contribution in [-0.4, -0.2) is 11.1 Å². The average molecular weight is 390 g/mol. The fourth-order valence-corrected chi connectivity index (χ4v) is 1.93. The molecular formula is C13H9F2IN2O2. The number of benzene rings is 1. The number of hydrogen-bond acceptors (Lipinski definition) is 3. The highest BCUT2D eigenvalue weighted by Crippen LogP contribution is 2.40. The molecule has 0 bridgehead atoms. The zero-order chi connectivity index (χ0) is 14.8. The second kappa shape index (κ2) is 5.70. The Morgan fingerprint density at radius 2 is 2.05 bits per heavy atom. The number of carbonyl (C=O) groups is 1. The maximum absolute atomic E-state index is 13.3. The molecule has 0 aliphatic rings. The molecule has 7 heteroatoms. The third-order valence-electron chi connectivity index (χ3n) is 2.49. The lowest BCUT2D eigenvalue weighted by Crippen LogP contribution is -2.07. The van der Waals surface area contributed by atoms with Crippen LogP contribution in [0.3, 0.4) is 0 Å². The summed E-state index contributed by atoms with van der Waals surface area (Å²) in [6.07, 6.45) is 2.06. The van der Waals surface area contributed by atoms with Crippen LogP contribution in [0.15, 0.2) is 47.7 Å². The molecule has 2 rings (SSSR count). The number of anilines is 1. The molecule has 0 aliphatic carbocycles. The monoisotopic (exact) mass is 390 g/mol. The summed E-state index contributed by atoms with van der Waals surface area (Å²) in [5.74, 6) is -0.348. The van der Waals surface area contributed by atoms with E-state index in [-0.39, 0.29) is 17.2 Å². The van der Waals surface area contributed by atoms with Crippen LogP contribution in [-0.2, 0) is 8.72 Å². The third kappa shape index (κ3) is 3.21. The first-order valence-electron chi connectivity index (χ1n) is 5.47. The predicted octanol–water partition coefficient (Wildman–Crippen LogP) is 3.95. The number of nitrogens with one attached hydrogen (secondary N) is 1. The number of nitrogens with zero attached hydrogens (tertiary/aromatic N) is 1. The molecule has 104 valence electrons. The van der Waals surface area contributed by atoms with E-state index < -0.39 is 3.93 Å². The number of aromatic nitrogens is 1. The minimum atomic E-state index is -3.07. The zero-order valence-electron chi connectivity index (χ0n) is 10.1. The molecule has 0 unspecified atom stereocenters. The van der Waals surface area contributed by atoms with E-state index in [1.165, 1.54) is 0 Å². The maximum Gasteiger partial charge on any atom is 0.326 e. The second-order valence-corrected chi connectivity index (χ2v) is 5.20. The summed E-state index contributed by atoms with van der Waals surface area (Å²) in [6, 6.07) is 6.31. The summed E-state index contributed by atoms with van der Waals surface area (Å²) in [7, 11) is 0. The van der Waals surface area contributed by atoms with Gasteiger partial charge in [-0.05, 0) is 18.2 Å². The molecule has 1 aromatic carbocycles. The first kappa shape index (κ1) is 14.6. The van der Waals surface area contributed by atoms with Gasteiger partial charge in [-0.1, -0.05) is 23.9 Å². The van der Waals surface area contributed by atoms with Crippen LogP contribution in [0.5, 0.6) is 0 Å². The smallest absolute Gasteiger partial charge is 0.326 e. The maximum atomic E-state index is 13.3. The summed E-state index contributed by atoms with van der Waals surface area (Å²) in [6.45, 7) is 3.33. The Kier molecular flexibility index (Phi) is 4.17. The minimum Gasteiger partial charge on any atom is -0.364 e. The minimum absolute atomic E-state index is 0.0750. The summed E-state index contributed by atoms with van der Waals surface area (Å²) in [5.41, 5.74) is 0.790. The van der Waals surface area contributed by atoms with Crippen molar-refractivity contribution in [2.75, 3.05) is 5.32 Å². The number of hydrogen-bond donors (Lipinski definition) is 1. The molecule has 0 atom stereocenters. The van der Waals surface area contributed by atoms with Gasteiger partial charge < -0.3 is 9.84 Å². The van der Waals surface area contributed by atoms with Gasteiger partial charge in [0.15, 0.2) is 0 Å². The number of halogens is 3. The van der Waals surface area contributed by atoms with Crippen molar-refractivity contribution in [2.45, 2.75) is 3.93 Å². The quantitative estimate of drug-likeness (QED) is 0.489. The Morgan fingerprint density at radius 1 is 1.40 bits per heavy atom. The van der Waals surface area contributed by atoms with Crippen molar-refractivity contribution in [1.29, 1.82) is 0 Å². The predicted molar refractivity (Wildman–Crippen MR) is 78.7 cm³/mol. The van der Waals surface area contributed by atoms with Crippen molar-refractivity contribution in [2.24, 2.45) is 0 Å². The van der Waals surface area contributed by atoms with Gasteiger partial charge in [-0.15, -0.1) is 0 Å². The lowest BCUT2D eigenvalue weighted by molar-refractivity contribution is -0.111. The van der Waals surface area contributed by atoms with Gasteiger partial charge in [0.05, 0.1) is 5.56 Å². The van der Waals surface area contributed by atoms with Gasteiger partial charge in [0.25, 0.3) is 0 Å². The summed E-state index contributed by atoms with van der Waals surface area (Å²) in [4.78, 5) is 11.1. The number of carbonyl (C=O) groups excluding carboxylic acids is 1. The highest BCUT2D eigenvalue weighted by atomic mass is 127. The standard InChI is InChI=1S/C13H9F2IN2O2/c1-2-11(19)17-9-5-3-8(4-6-9)12-10(7-20-18-12)13(14,15)16/h2-7H,1H2,(H,17,19). The highest BCUT2D eigenvalue weighted by molar-refractivity contribution is 14.1. The van der Waals surface area contributed by atoms with Gasteiger partial charge in [-0.25, -0.2) is 0 Å². The Hall–Kier alpha value is -1.77. The van der Waals surface area contributed by atoms with Crippen molar-refractivity contribution in [3.05, 3.63) is 48.7 Å². The molecule has 1 heterocycles. The van der Waals surface area contributed by atoms with Gasteiger partial charge in [0.2, 0.25) is 5.91 Å². The van der Waals surface area contributed by atoms with Crippen LogP contribution in [0.4, 0.5) is 14.5 Å². The van der Waals surface area contributed by atoms with Gasteiger partial charge in [0, 0.05) is 33.8 Å². The van der Waals surface area contributed by atoms with Crippen molar-refractivity contribution in [3.8, 4) is 11.3 Å². The van der Waals surface area contributed by atoms with Gasteiger partial charge in [-0.3, -0.25) is 4.79 Å². The van der Waals surface area contributed by atoms with E-state index in [9.17, 15) is 13.6 Å². The van der Waals surface area contributed by atoms with Gasteiger partial charge in [0.1, 0.15) is 12.0 Å². The normalized spacial score (nSPS) is 11.2. The van der Waals surface area contributed by atoms with E-state index in [2.05, 4.69) is 21.6 Å². The van der Waals surface area contributed by atoms with Gasteiger partial charge >= 0.3 is 3.93 Å². The van der Waals surface area contributed by atoms with Gasteiger partial charge in [-0.2, -0.15) is 8.78 Å². The van der Waals surface area contributed by atoms with E-state index >= 15 is 0 Å². The van der Waals surface area contributed by atoms with E-state index in [1.54, 1.807) is 24.3 Å². The van der Waals surface area contributed by atoms with Crippen molar-refractivity contribution in [1.82, 2.24) is 5.16 Å². The number of amides is 1. The fraction of sp³-hybridized carbons (Fsp3) is 0.0769. The lowest BCUT2D eigenvalue weighted by atomic mass is 10.1. The molecule has 0 spiro atoms. The number of rotatable bonds is 4. The van der Waals surface area contributed by atoms with Crippen LogP contribution in [0.25, 0.3) is 11.3 Å². The largest absolute Gasteiger partial charge is 0.364 e. The van der Waals surface area contributed by atoms with Crippen molar-refractivity contribution < 1.29 is 18.1 Å². The SMILES string of the molecule is C=CC(=O)Nc1ccc(-c2nocc2C(F)(F)I)cc1. The summed E-state index contributed by atoms with van der Waals surface area (Å²) >= 11 is 1.02. The van der Waals surface area contributed by atoms with E-state index in [0.29, 0.717) is 11.3 Å². The van der Waals surface area contributed by atoms with Crippen molar-refractivity contribution >= 4 is 34.2 Å². The van der Waals surface area contributed by atoms with E-state index in [4.69, 9.17) is 0 Å². The lowest BCUT2D eigenvalue weighted by Gasteiger charge is -2.08. The topological polar surface area (TPSA) is 55.1 Å².